The predicted octanol–water partition coefficient (Wildman–Crippen LogP) is 6.14. The molecule has 0 aliphatic carbocycles. The smallest absolute Gasteiger partial charge is 0.190 e. The summed E-state index contributed by atoms with van der Waals surface area (Å²) in [6.45, 7) is 5.34. The average Bonchev–Trinajstić information content (AvgIpc) is 2.74. The largest absolute Gasteiger partial charge is 0.298 e. The van der Waals surface area contributed by atoms with Gasteiger partial charge in [0.25, 0.3) is 0 Å². The van der Waals surface area contributed by atoms with Gasteiger partial charge in [0.15, 0.2) is 5.78 Å². The number of rotatable bonds is 8. The first-order valence-corrected chi connectivity index (χ1v) is 9.88. The Morgan fingerprint density at radius 1 is 0.931 bits per heavy atom. The quantitative estimate of drug-likeness (QED) is 0.334. The molecule has 0 fully saturated rings. The molecule has 3 aromatic rings. The fourth-order valence-corrected chi connectivity index (χ4v) is 3.29. The van der Waals surface area contributed by atoms with Crippen LogP contribution in [0, 0.1) is 0 Å². The first-order chi connectivity index (χ1) is 14.0. The minimum absolute atomic E-state index is 0.0499. The zero-order valence-corrected chi connectivity index (χ0v) is 17.3. The molecule has 3 heteroatoms. The van der Waals surface area contributed by atoms with Gasteiger partial charge in [-0.15, -0.1) is 0 Å². The summed E-state index contributed by atoms with van der Waals surface area (Å²) in [5.41, 5.74) is 4.19. The van der Waals surface area contributed by atoms with Gasteiger partial charge >= 0.3 is 0 Å². The molecule has 0 saturated carbocycles. The molecule has 0 spiro atoms. The third kappa shape index (κ3) is 6.02. The van der Waals surface area contributed by atoms with Crippen molar-refractivity contribution < 1.29 is 4.79 Å². The van der Waals surface area contributed by atoms with Crippen molar-refractivity contribution in [3.8, 4) is 0 Å². The first-order valence-electron chi connectivity index (χ1n) is 9.50. The standard InChI is InChI=1S/C26H24ClNO/c1-20(18-28(2)19-22-9-5-3-6-10-22)26(29)25(23-11-7-4-8-12-23)17-21-13-15-24(27)16-14-21/h3-17H,1,18-19H2,2H3/b25-17+. The van der Waals surface area contributed by atoms with Gasteiger partial charge in [0.2, 0.25) is 0 Å². The predicted molar refractivity (Wildman–Crippen MR) is 123 cm³/mol. The van der Waals surface area contributed by atoms with E-state index in [0.29, 0.717) is 22.7 Å². The van der Waals surface area contributed by atoms with Crippen molar-refractivity contribution in [3.63, 3.8) is 0 Å². The van der Waals surface area contributed by atoms with Gasteiger partial charge < -0.3 is 0 Å². The SMILES string of the molecule is C=C(CN(C)Cc1ccccc1)C(=O)/C(=C/c1ccc(Cl)cc1)c1ccccc1. The molecule has 0 bridgehead atoms. The van der Waals surface area contributed by atoms with E-state index in [1.807, 2.05) is 85.9 Å². The van der Waals surface area contributed by atoms with E-state index in [1.54, 1.807) is 0 Å². The molecule has 0 aromatic heterocycles. The topological polar surface area (TPSA) is 20.3 Å². The molecule has 3 rings (SSSR count). The van der Waals surface area contributed by atoms with Crippen molar-refractivity contribution in [2.24, 2.45) is 0 Å². The van der Waals surface area contributed by atoms with E-state index in [9.17, 15) is 4.79 Å². The van der Waals surface area contributed by atoms with Crippen molar-refractivity contribution in [2.75, 3.05) is 13.6 Å². The van der Waals surface area contributed by atoms with Crippen LogP contribution in [-0.2, 0) is 11.3 Å². The molecule has 0 unspecified atom stereocenters. The zero-order valence-electron chi connectivity index (χ0n) is 16.5. The number of nitrogens with zero attached hydrogens (tertiary/aromatic N) is 1. The van der Waals surface area contributed by atoms with E-state index >= 15 is 0 Å². The third-order valence-electron chi connectivity index (χ3n) is 4.59. The van der Waals surface area contributed by atoms with Crippen LogP contribution in [0.4, 0.5) is 0 Å². The lowest BCUT2D eigenvalue weighted by Crippen LogP contribution is -2.23. The van der Waals surface area contributed by atoms with Crippen LogP contribution in [-0.4, -0.2) is 24.3 Å². The lowest BCUT2D eigenvalue weighted by Gasteiger charge is -2.18. The van der Waals surface area contributed by atoms with Crippen molar-refractivity contribution >= 4 is 29.0 Å². The molecule has 29 heavy (non-hydrogen) atoms. The van der Waals surface area contributed by atoms with Gasteiger partial charge in [-0.1, -0.05) is 91.0 Å². The van der Waals surface area contributed by atoms with Gasteiger partial charge in [-0.25, -0.2) is 0 Å². The molecule has 0 amide bonds. The number of carbonyl (C=O) groups excluding carboxylic acids is 1. The van der Waals surface area contributed by atoms with Gasteiger partial charge in [0.1, 0.15) is 0 Å². The molecule has 0 aliphatic rings. The number of halogens is 1. The summed E-state index contributed by atoms with van der Waals surface area (Å²) in [5, 5.41) is 0.668. The summed E-state index contributed by atoms with van der Waals surface area (Å²) in [4.78, 5) is 15.4. The minimum atomic E-state index is -0.0499. The normalized spacial score (nSPS) is 11.5. The highest BCUT2D eigenvalue weighted by Gasteiger charge is 2.17. The fourth-order valence-electron chi connectivity index (χ4n) is 3.16. The van der Waals surface area contributed by atoms with Crippen LogP contribution in [0.2, 0.25) is 5.02 Å². The summed E-state index contributed by atoms with van der Waals surface area (Å²) in [6.07, 6.45) is 1.90. The third-order valence-corrected chi connectivity index (χ3v) is 4.84. The Bertz CT molecular complexity index is 992. The number of hydrogen-bond acceptors (Lipinski definition) is 2. The number of benzene rings is 3. The Kier molecular flexibility index (Phi) is 7.18. The fraction of sp³-hybridized carbons (Fsp3) is 0.115. The minimum Gasteiger partial charge on any atom is -0.298 e. The molecule has 0 atom stereocenters. The number of hydrogen-bond donors (Lipinski definition) is 0. The molecule has 0 aliphatic heterocycles. The van der Waals surface area contributed by atoms with Crippen molar-refractivity contribution in [1.82, 2.24) is 4.90 Å². The van der Waals surface area contributed by atoms with Crippen molar-refractivity contribution in [2.45, 2.75) is 6.54 Å². The Morgan fingerprint density at radius 2 is 1.52 bits per heavy atom. The van der Waals surface area contributed by atoms with Crippen LogP contribution in [0.15, 0.2) is 97.1 Å². The number of ketones is 1. The number of Topliss-reactive ketones (excluding diaryl/α,β-unsaturated/α-hetero) is 1. The number of carbonyl (C=O) groups is 1. The van der Waals surface area contributed by atoms with E-state index in [-0.39, 0.29) is 5.78 Å². The second kappa shape index (κ2) is 10.0. The van der Waals surface area contributed by atoms with Crippen molar-refractivity contribution in [3.05, 3.63) is 119 Å². The number of likely N-dealkylation sites (N-methyl/N-ethyl adjacent to an activating group) is 1. The molecule has 0 N–H and O–H groups in total. The first kappa shape index (κ1) is 20.8. The second-order valence-electron chi connectivity index (χ2n) is 7.07. The van der Waals surface area contributed by atoms with Crippen LogP contribution < -0.4 is 0 Å². The zero-order chi connectivity index (χ0) is 20.6. The Labute approximate surface area is 177 Å². The van der Waals surface area contributed by atoms with E-state index in [1.165, 1.54) is 5.56 Å². The lowest BCUT2D eigenvalue weighted by molar-refractivity contribution is -0.110. The van der Waals surface area contributed by atoms with E-state index in [0.717, 1.165) is 17.7 Å². The van der Waals surface area contributed by atoms with Crippen LogP contribution in [0.1, 0.15) is 16.7 Å². The molecular formula is C26H24ClNO. The second-order valence-corrected chi connectivity index (χ2v) is 7.50. The molecule has 2 nitrogen and oxygen atoms in total. The summed E-state index contributed by atoms with van der Waals surface area (Å²) in [7, 11) is 2.00. The summed E-state index contributed by atoms with van der Waals surface area (Å²) < 4.78 is 0. The maximum absolute atomic E-state index is 13.3. The Balaban J connectivity index is 1.80. The van der Waals surface area contributed by atoms with Crippen LogP contribution in [0.3, 0.4) is 0 Å². The van der Waals surface area contributed by atoms with Gasteiger partial charge in [0.05, 0.1) is 0 Å². The highest BCUT2D eigenvalue weighted by molar-refractivity contribution is 6.32. The van der Waals surface area contributed by atoms with E-state index in [2.05, 4.69) is 23.6 Å². The van der Waals surface area contributed by atoms with E-state index in [4.69, 9.17) is 11.6 Å². The van der Waals surface area contributed by atoms with Crippen molar-refractivity contribution in [1.29, 1.82) is 0 Å². The highest BCUT2D eigenvalue weighted by atomic mass is 35.5. The van der Waals surface area contributed by atoms with Gasteiger partial charge in [-0.05, 0) is 41.9 Å². The summed E-state index contributed by atoms with van der Waals surface area (Å²) >= 11 is 5.99. The maximum atomic E-state index is 13.3. The van der Waals surface area contributed by atoms with Crippen LogP contribution in [0.5, 0.6) is 0 Å². The number of allylic oxidation sites excluding steroid dienone is 1. The Morgan fingerprint density at radius 3 is 2.14 bits per heavy atom. The molecule has 3 aromatic carbocycles. The molecule has 0 radical (unpaired) electrons. The molecule has 146 valence electrons. The highest BCUT2D eigenvalue weighted by Crippen LogP contribution is 2.23. The molecular weight excluding hydrogens is 378 g/mol. The monoisotopic (exact) mass is 401 g/mol. The Hall–Kier alpha value is -2.94. The summed E-state index contributed by atoms with van der Waals surface area (Å²) in [5.74, 6) is -0.0499. The molecule has 0 heterocycles. The van der Waals surface area contributed by atoms with Gasteiger partial charge in [-0.2, -0.15) is 0 Å². The van der Waals surface area contributed by atoms with Gasteiger partial charge in [-0.3, -0.25) is 9.69 Å². The van der Waals surface area contributed by atoms with Crippen LogP contribution in [0.25, 0.3) is 11.6 Å². The summed E-state index contributed by atoms with van der Waals surface area (Å²) in [6, 6.07) is 27.4. The molecule has 0 saturated heterocycles. The van der Waals surface area contributed by atoms with Crippen LogP contribution >= 0.6 is 11.6 Å². The lowest BCUT2D eigenvalue weighted by atomic mass is 9.95. The van der Waals surface area contributed by atoms with Gasteiger partial charge in [0, 0.05) is 29.3 Å². The maximum Gasteiger partial charge on any atom is 0.190 e. The van der Waals surface area contributed by atoms with E-state index < -0.39 is 0 Å². The average molecular weight is 402 g/mol.